The first-order chi connectivity index (χ1) is 9.22. The van der Waals surface area contributed by atoms with Crippen LogP contribution in [-0.4, -0.2) is 13.6 Å². The molecule has 0 spiro atoms. The average molecular weight is 324 g/mol. The first-order valence-electron chi connectivity index (χ1n) is 7.62. The van der Waals surface area contributed by atoms with Gasteiger partial charge in [-0.25, -0.2) is 0 Å². The Morgan fingerprint density at radius 3 is 2.79 bits per heavy atom. The maximum Gasteiger partial charge on any atom is 0.0177 e. The van der Waals surface area contributed by atoms with E-state index in [1.54, 1.807) is 0 Å². The average Bonchev–Trinajstić information content (AvgIpc) is 2.41. The molecule has 19 heavy (non-hydrogen) atoms. The Labute approximate surface area is 126 Å². The van der Waals surface area contributed by atoms with Crippen molar-refractivity contribution in [1.82, 2.24) is 5.32 Å². The zero-order chi connectivity index (χ0) is 13.7. The summed E-state index contributed by atoms with van der Waals surface area (Å²) in [6.45, 7) is 3.52. The number of benzene rings is 1. The van der Waals surface area contributed by atoms with E-state index >= 15 is 0 Å². The summed E-state index contributed by atoms with van der Waals surface area (Å²) in [5, 5.41) is 3.39. The van der Waals surface area contributed by atoms with Crippen LogP contribution in [0, 0.1) is 17.8 Å². The van der Waals surface area contributed by atoms with Gasteiger partial charge in [0.1, 0.15) is 0 Å². The largest absolute Gasteiger partial charge is 0.319 e. The summed E-state index contributed by atoms with van der Waals surface area (Å²) in [6.07, 6.45) is 6.83. The second-order valence-electron chi connectivity index (χ2n) is 6.00. The molecule has 0 bridgehead atoms. The van der Waals surface area contributed by atoms with E-state index in [0.29, 0.717) is 0 Å². The van der Waals surface area contributed by atoms with Crippen LogP contribution in [0.2, 0.25) is 0 Å². The van der Waals surface area contributed by atoms with Gasteiger partial charge in [-0.3, -0.25) is 0 Å². The van der Waals surface area contributed by atoms with Gasteiger partial charge < -0.3 is 5.32 Å². The van der Waals surface area contributed by atoms with Crippen LogP contribution in [0.4, 0.5) is 0 Å². The van der Waals surface area contributed by atoms with Crippen LogP contribution < -0.4 is 5.32 Å². The van der Waals surface area contributed by atoms with Crippen LogP contribution in [0.3, 0.4) is 0 Å². The van der Waals surface area contributed by atoms with Gasteiger partial charge in [-0.15, -0.1) is 0 Å². The minimum Gasteiger partial charge on any atom is -0.319 e. The lowest BCUT2D eigenvalue weighted by atomic mass is 9.71. The Morgan fingerprint density at radius 2 is 2.11 bits per heavy atom. The summed E-state index contributed by atoms with van der Waals surface area (Å²) < 4.78 is 1.21. The normalized spacial score (nSPS) is 27.4. The highest BCUT2D eigenvalue weighted by Gasteiger charge is 2.29. The first kappa shape index (κ1) is 15.1. The molecule has 0 amide bonds. The highest BCUT2D eigenvalue weighted by molar-refractivity contribution is 9.10. The molecule has 3 unspecified atom stereocenters. The van der Waals surface area contributed by atoms with Crippen molar-refractivity contribution in [1.29, 1.82) is 0 Å². The van der Waals surface area contributed by atoms with Gasteiger partial charge >= 0.3 is 0 Å². The minimum atomic E-state index is 0.848. The van der Waals surface area contributed by atoms with Gasteiger partial charge in [0.05, 0.1) is 0 Å². The van der Waals surface area contributed by atoms with Crippen molar-refractivity contribution in [3.63, 3.8) is 0 Å². The SMILES string of the molecule is CCC1CCC(CNC)C(Cc2cccc(Br)c2)C1. The van der Waals surface area contributed by atoms with Crippen LogP contribution in [-0.2, 0) is 6.42 Å². The van der Waals surface area contributed by atoms with Crippen molar-refractivity contribution in [3.05, 3.63) is 34.3 Å². The van der Waals surface area contributed by atoms with Gasteiger partial charge in [-0.1, -0.05) is 47.8 Å². The van der Waals surface area contributed by atoms with Crippen LogP contribution in [0.1, 0.15) is 38.2 Å². The van der Waals surface area contributed by atoms with Crippen molar-refractivity contribution in [2.75, 3.05) is 13.6 Å². The van der Waals surface area contributed by atoms with E-state index in [1.165, 1.54) is 48.7 Å². The number of rotatable bonds is 5. The minimum absolute atomic E-state index is 0.848. The summed E-state index contributed by atoms with van der Waals surface area (Å²) in [5.74, 6) is 2.65. The van der Waals surface area contributed by atoms with Crippen LogP contribution in [0.15, 0.2) is 28.7 Å². The zero-order valence-electron chi connectivity index (χ0n) is 12.2. The fourth-order valence-electron chi connectivity index (χ4n) is 3.54. The molecule has 1 aliphatic rings. The summed E-state index contributed by atoms with van der Waals surface area (Å²) >= 11 is 3.59. The van der Waals surface area contributed by atoms with Gasteiger partial charge in [-0.2, -0.15) is 0 Å². The third-order valence-corrected chi connectivity index (χ3v) is 5.17. The van der Waals surface area contributed by atoms with Crippen LogP contribution in [0.5, 0.6) is 0 Å². The van der Waals surface area contributed by atoms with E-state index in [0.717, 1.165) is 17.8 Å². The molecule has 1 aromatic carbocycles. The molecule has 0 aliphatic heterocycles. The van der Waals surface area contributed by atoms with E-state index in [9.17, 15) is 0 Å². The number of nitrogens with one attached hydrogen (secondary N) is 1. The van der Waals surface area contributed by atoms with E-state index in [2.05, 4.69) is 59.5 Å². The number of hydrogen-bond acceptors (Lipinski definition) is 1. The monoisotopic (exact) mass is 323 g/mol. The van der Waals surface area contributed by atoms with Gasteiger partial charge in [-0.05, 0) is 68.3 Å². The fraction of sp³-hybridized carbons (Fsp3) is 0.647. The maximum atomic E-state index is 3.59. The van der Waals surface area contributed by atoms with Gasteiger partial charge in [0, 0.05) is 4.47 Å². The smallest absolute Gasteiger partial charge is 0.0177 e. The van der Waals surface area contributed by atoms with Crippen molar-refractivity contribution in [2.24, 2.45) is 17.8 Å². The molecule has 2 heteroatoms. The van der Waals surface area contributed by atoms with Crippen LogP contribution >= 0.6 is 15.9 Å². The topological polar surface area (TPSA) is 12.0 Å². The summed E-state index contributed by atoms with van der Waals surface area (Å²) in [5.41, 5.74) is 1.48. The number of halogens is 1. The third-order valence-electron chi connectivity index (χ3n) is 4.68. The molecular formula is C17H26BrN. The molecule has 1 nitrogen and oxygen atoms in total. The second kappa shape index (κ2) is 7.44. The zero-order valence-corrected chi connectivity index (χ0v) is 13.7. The number of hydrogen-bond donors (Lipinski definition) is 1. The van der Waals surface area contributed by atoms with Crippen molar-refractivity contribution in [2.45, 2.75) is 39.0 Å². The maximum absolute atomic E-state index is 3.59. The third kappa shape index (κ3) is 4.32. The molecule has 3 atom stereocenters. The van der Waals surface area contributed by atoms with Crippen molar-refractivity contribution < 1.29 is 0 Å². The second-order valence-corrected chi connectivity index (χ2v) is 6.91. The molecule has 0 heterocycles. The lowest BCUT2D eigenvalue weighted by molar-refractivity contribution is 0.173. The molecule has 1 aliphatic carbocycles. The summed E-state index contributed by atoms with van der Waals surface area (Å²) in [6, 6.07) is 8.83. The van der Waals surface area contributed by atoms with Gasteiger partial charge in [0.15, 0.2) is 0 Å². The van der Waals surface area contributed by atoms with Gasteiger partial charge in [0.25, 0.3) is 0 Å². The van der Waals surface area contributed by atoms with E-state index in [-0.39, 0.29) is 0 Å². The van der Waals surface area contributed by atoms with Gasteiger partial charge in [0.2, 0.25) is 0 Å². The quantitative estimate of drug-likeness (QED) is 0.831. The van der Waals surface area contributed by atoms with Crippen LogP contribution in [0.25, 0.3) is 0 Å². The highest BCUT2D eigenvalue weighted by Crippen LogP contribution is 2.37. The standard InChI is InChI=1S/C17H26BrN/c1-3-13-7-8-15(12-19-2)16(9-13)10-14-5-4-6-17(18)11-14/h4-6,11,13,15-16,19H,3,7-10,12H2,1-2H3. The Hall–Kier alpha value is -0.340. The predicted molar refractivity (Wildman–Crippen MR) is 86.4 cm³/mol. The molecule has 1 aromatic rings. The molecule has 0 aromatic heterocycles. The summed E-state index contributed by atoms with van der Waals surface area (Å²) in [7, 11) is 2.09. The van der Waals surface area contributed by atoms with Crippen molar-refractivity contribution >= 4 is 15.9 Å². The Morgan fingerprint density at radius 1 is 1.26 bits per heavy atom. The molecule has 1 N–H and O–H groups in total. The van der Waals surface area contributed by atoms with E-state index in [4.69, 9.17) is 0 Å². The molecule has 0 saturated heterocycles. The molecule has 2 rings (SSSR count). The molecule has 0 radical (unpaired) electrons. The predicted octanol–water partition coefficient (Wildman–Crippen LogP) is 4.65. The lowest BCUT2D eigenvalue weighted by Gasteiger charge is -2.36. The van der Waals surface area contributed by atoms with Crippen molar-refractivity contribution in [3.8, 4) is 0 Å². The summed E-state index contributed by atoms with van der Waals surface area (Å²) in [4.78, 5) is 0. The van der Waals surface area contributed by atoms with E-state index < -0.39 is 0 Å². The molecule has 1 fully saturated rings. The highest BCUT2D eigenvalue weighted by atomic mass is 79.9. The Kier molecular flexibility index (Phi) is 5.90. The fourth-order valence-corrected chi connectivity index (χ4v) is 3.99. The Bertz CT molecular complexity index is 391. The lowest BCUT2D eigenvalue weighted by Crippen LogP contribution is -2.33. The molecule has 1 saturated carbocycles. The first-order valence-corrected chi connectivity index (χ1v) is 8.41. The molecule has 106 valence electrons. The molecular weight excluding hydrogens is 298 g/mol. The van der Waals surface area contributed by atoms with E-state index in [1.807, 2.05) is 0 Å². The Balaban J connectivity index is 2.04.